The molecule has 1 atom stereocenters. The zero-order valence-electron chi connectivity index (χ0n) is 16.6. The number of hydrogen-bond acceptors (Lipinski definition) is 6. The predicted molar refractivity (Wildman–Crippen MR) is 109 cm³/mol. The van der Waals surface area contributed by atoms with E-state index in [0.717, 1.165) is 27.7 Å². The topological polar surface area (TPSA) is 71.5 Å². The van der Waals surface area contributed by atoms with E-state index < -0.39 is 0 Å². The average molecular weight is 400 g/mol. The second kappa shape index (κ2) is 9.12. The molecule has 0 aliphatic carbocycles. The molecule has 0 bridgehead atoms. The summed E-state index contributed by atoms with van der Waals surface area (Å²) in [7, 11) is 3.93. The van der Waals surface area contributed by atoms with Crippen molar-refractivity contribution in [1.82, 2.24) is 15.4 Å². The molecule has 0 aliphatic heterocycles. The third kappa shape index (κ3) is 4.66. The Bertz CT molecular complexity index is 899. The van der Waals surface area contributed by atoms with Gasteiger partial charge >= 0.3 is 0 Å². The largest absolute Gasteiger partial charge is 0.468 e. The van der Waals surface area contributed by atoms with E-state index in [1.54, 1.807) is 18.0 Å². The van der Waals surface area contributed by atoms with Crippen molar-refractivity contribution in [2.45, 2.75) is 30.5 Å². The van der Waals surface area contributed by atoms with Gasteiger partial charge in [0.25, 0.3) is 5.91 Å². The standard InChI is InChI=1S/C21H25N3O3S/c1-14-17(15(2)27-23-14)13-28-20-10-6-5-8-16(20)21(25)22-12-18(24(3)4)19-9-7-11-26-19/h5-11,18H,12-13H2,1-4H3,(H,22,25). The Labute approximate surface area is 169 Å². The highest BCUT2D eigenvalue weighted by Gasteiger charge is 2.20. The molecule has 3 rings (SSSR count). The summed E-state index contributed by atoms with van der Waals surface area (Å²) in [5, 5.41) is 7.03. The van der Waals surface area contributed by atoms with Gasteiger partial charge < -0.3 is 14.3 Å². The van der Waals surface area contributed by atoms with Crippen LogP contribution >= 0.6 is 11.8 Å². The fourth-order valence-electron chi connectivity index (χ4n) is 2.94. The molecule has 0 spiro atoms. The molecular formula is C21H25N3O3S. The van der Waals surface area contributed by atoms with Crippen molar-refractivity contribution >= 4 is 17.7 Å². The lowest BCUT2D eigenvalue weighted by Crippen LogP contribution is -2.34. The summed E-state index contributed by atoms with van der Waals surface area (Å²) in [6, 6.07) is 11.4. The highest BCUT2D eigenvalue weighted by atomic mass is 32.2. The van der Waals surface area contributed by atoms with Crippen LogP contribution in [0.1, 0.15) is 39.2 Å². The van der Waals surface area contributed by atoms with Crippen LogP contribution in [0.3, 0.4) is 0 Å². The van der Waals surface area contributed by atoms with Crippen molar-refractivity contribution in [2.24, 2.45) is 0 Å². The van der Waals surface area contributed by atoms with Gasteiger partial charge in [0, 0.05) is 22.8 Å². The molecule has 148 valence electrons. The molecule has 0 fully saturated rings. The van der Waals surface area contributed by atoms with Crippen LogP contribution in [0, 0.1) is 13.8 Å². The maximum atomic E-state index is 12.9. The van der Waals surface area contributed by atoms with E-state index in [4.69, 9.17) is 8.94 Å². The van der Waals surface area contributed by atoms with Crippen LogP contribution < -0.4 is 5.32 Å². The molecule has 7 heteroatoms. The van der Waals surface area contributed by atoms with Gasteiger partial charge in [0.05, 0.1) is 23.6 Å². The summed E-state index contributed by atoms with van der Waals surface area (Å²) in [6.07, 6.45) is 1.65. The van der Waals surface area contributed by atoms with Gasteiger partial charge in [0.1, 0.15) is 11.5 Å². The second-order valence-corrected chi connectivity index (χ2v) is 7.81. The fraction of sp³-hybridized carbons (Fsp3) is 0.333. The number of furan rings is 1. The minimum absolute atomic E-state index is 0.0268. The Kier molecular flexibility index (Phi) is 6.59. The zero-order valence-corrected chi connectivity index (χ0v) is 17.4. The van der Waals surface area contributed by atoms with Crippen molar-refractivity contribution in [3.63, 3.8) is 0 Å². The van der Waals surface area contributed by atoms with Gasteiger partial charge in [-0.05, 0) is 52.2 Å². The number of rotatable bonds is 8. The average Bonchev–Trinajstić information content (AvgIpc) is 3.31. The number of carbonyl (C=O) groups excluding carboxylic acids is 1. The number of hydrogen-bond donors (Lipinski definition) is 1. The minimum Gasteiger partial charge on any atom is -0.468 e. The molecule has 1 amide bonds. The normalized spacial score (nSPS) is 12.3. The van der Waals surface area contributed by atoms with Crippen LogP contribution in [0.2, 0.25) is 0 Å². The quantitative estimate of drug-likeness (QED) is 0.572. The first kappa shape index (κ1) is 20.2. The van der Waals surface area contributed by atoms with E-state index in [1.807, 2.05) is 69.2 Å². The molecule has 0 saturated carbocycles. The van der Waals surface area contributed by atoms with Crippen LogP contribution in [0.5, 0.6) is 0 Å². The van der Waals surface area contributed by atoms with Crippen LogP contribution in [-0.2, 0) is 5.75 Å². The summed E-state index contributed by atoms with van der Waals surface area (Å²) in [5.74, 6) is 2.25. The number of nitrogens with zero attached hydrogens (tertiary/aromatic N) is 2. The van der Waals surface area contributed by atoms with Crippen LogP contribution in [0.15, 0.2) is 56.5 Å². The summed E-state index contributed by atoms with van der Waals surface area (Å²) in [5.41, 5.74) is 2.63. The number of carbonyl (C=O) groups is 1. The Morgan fingerprint density at radius 1 is 1.21 bits per heavy atom. The van der Waals surface area contributed by atoms with Gasteiger partial charge in [-0.3, -0.25) is 9.69 Å². The van der Waals surface area contributed by atoms with Gasteiger partial charge in [0.2, 0.25) is 0 Å². The van der Waals surface area contributed by atoms with Crippen molar-refractivity contribution in [3.05, 3.63) is 71.0 Å². The summed E-state index contributed by atoms with van der Waals surface area (Å²) in [6.45, 7) is 4.30. The van der Waals surface area contributed by atoms with E-state index in [2.05, 4.69) is 10.5 Å². The van der Waals surface area contributed by atoms with E-state index in [9.17, 15) is 4.79 Å². The fourth-order valence-corrected chi connectivity index (χ4v) is 4.14. The predicted octanol–water partition coefficient (Wildman–Crippen LogP) is 4.21. The lowest BCUT2D eigenvalue weighted by atomic mass is 10.1. The Morgan fingerprint density at radius 3 is 2.64 bits per heavy atom. The first-order chi connectivity index (χ1) is 13.5. The van der Waals surface area contributed by atoms with E-state index >= 15 is 0 Å². The third-order valence-electron chi connectivity index (χ3n) is 4.64. The minimum atomic E-state index is -0.0970. The molecule has 6 nitrogen and oxygen atoms in total. The number of thioether (sulfide) groups is 1. The van der Waals surface area contributed by atoms with Crippen molar-refractivity contribution < 1.29 is 13.7 Å². The molecule has 1 aromatic carbocycles. The van der Waals surface area contributed by atoms with Crippen LogP contribution in [-0.4, -0.2) is 36.6 Å². The Hall–Kier alpha value is -2.51. The van der Waals surface area contributed by atoms with Crippen LogP contribution in [0.25, 0.3) is 0 Å². The van der Waals surface area contributed by atoms with Gasteiger partial charge in [-0.1, -0.05) is 17.3 Å². The molecule has 3 aromatic rings. The summed E-state index contributed by atoms with van der Waals surface area (Å²) < 4.78 is 10.7. The van der Waals surface area contributed by atoms with E-state index in [0.29, 0.717) is 17.9 Å². The van der Waals surface area contributed by atoms with Crippen molar-refractivity contribution in [2.75, 3.05) is 20.6 Å². The number of likely N-dealkylation sites (N-methyl/N-ethyl adjacent to an activating group) is 1. The zero-order chi connectivity index (χ0) is 20.1. The Morgan fingerprint density at radius 2 is 2.00 bits per heavy atom. The molecule has 0 saturated heterocycles. The molecule has 2 aromatic heterocycles. The van der Waals surface area contributed by atoms with Crippen molar-refractivity contribution in [3.8, 4) is 0 Å². The molecule has 2 heterocycles. The SMILES string of the molecule is Cc1noc(C)c1CSc1ccccc1C(=O)NCC(c1ccco1)N(C)C. The van der Waals surface area contributed by atoms with Gasteiger partial charge in [0.15, 0.2) is 0 Å². The molecule has 0 radical (unpaired) electrons. The van der Waals surface area contributed by atoms with Crippen molar-refractivity contribution in [1.29, 1.82) is 0 Å². The second-order valence-electron chi connectivity index (χ2n) is 6.79. The number of aryl methyl sites for hydroxylation is 2. The summed E-state index contributed by atoms with van der Waals surface area (Å²) >= 11 is 1.61. The number of nitrogens with one attached hydrogen (secondary N) is 1. The monoisotopic (exact) mass is 399 g/mol. The summed E-state index contributed by atoms with van der Waals surface area (Å²) in [4.78, 5) is 15.8. The van der Waals surface area contributed by atoms with Gasteiger partial charge in [-0.25, -0.2) is 0 Å². The number of aromatic nitrogens is 1. The lowest BCUT2D eigenvalue weighted by Gasteiger charge is -2.22. The molecule has 1 N–H and O–H groups in total. The maximum Gasteiger partial charge on any atom is 0.252 e. The third-order valence-corrected chi connectivity index (χ3v) is 5.74. The highest BCUT2D eigenvalue weighted by Crippen LogP contribution is 2.29. The molecule has 28 heavy (non-hydrogen) atoms. The highest BCUT2D eigenvalue weighted by molar-refractivity contribution is 7.98. The van der Waals surface area contributed by atoms with E-state index in [-0.39, 0.29) is 11.9 Å². The molecule has 1 unspecified atom stereocenters. The van der Waals surface area contributed by atoms with Crippen LogP contribution in [0.4, 0.5) is 0 Å². The maximum absolute atomic E-state index is 12.9. The lowest BCUT2D eigenvalue weighted by molar-refractivity contribution is 0.0936. The van der Waals surface area contributed by atoms with E-state index in [1.165, 1.54) is 0 Å². The first-order valence-corrected chi connectivity index (χ1v) is 10.1. The number of benzene rings is 1. The molecular weight excluding hydrogens is 374 g/mol. The van der Waals surface area contributed by atoms with Gasteiger partial charge in [-0.2, -0.15) is 0 Å². The number of amides is 1. The smallest absolute Gasteiger partial charge is 0.252 e. The van der Waals surface area contributed by atoms with Gasteiger partial charge in [-0.15, -0.1) is 11.8 Å². The molecule has 0 aliphatic rings. The first-order valence-electron chi connectivity index (χ1n) is 9.09. The Balaban J connectivity index is 1.68.